The fourth-order valence-electron chi connectivity index (χ4n) is 3.51. The van der Waals surface area contributed by atoms with Crippen molar-refractivity contribution in [1.29, 1.82) is 0 Å². The molecule has 0 spiro atoms. The van der Waals surface area contributed by atoms with Gasteiger partial charge in [0.1, 0.15) is 0 Å². The molecule has 0 saturated carbocycles. The van der Waals surface area contributed by atoms with E-state index in [-0.39, 0.29) is 5.91 Å². The zero-order valence-corrected chi connectivity index (χ0v) is 13.7. The standard InChI is InChI=1S/C19H24N2O/c1-14-9-7-8-12-20(14)19(22)18-13-15(2)21(16(18)3)17-10-5-4-6-11-17/h4-6,10-11,13-14H,7-9,12H2,1-3H3. The van der Waals surface area contributed by atoms with Gasteiger partial charge in [0.25, 0.3) is 5.91 Å². The lowest BCUT2D eigenvalue weighted by atomic mass is 10.0. The minimum absolute atomic E-state index is 0.183. The molecule has 1 unspecified atom stereocenters. The van der Waals surface area contributed by atoms with Crippen molar-refractivity contribution in [3.63, 3.8) is 0 Å². The predicted octanol–water partition coefficient (Wildman–Crippen LogP) is 4.11. The van der Waals surface area contributed by atoms with Crippen LogP contribution in [-0.4, -0.2) is 28.0 Å². The molecule has 22 heavy (non-hydrogen) atoms. The molecule has 1 fully saturated rings. The zero-order valence-electron chi connectivity index (χ0n) is 13.7. The van der Waals surface area contributed by atoms with E-state index < -0.39 is 0 Å². The molecule has 116 valence electrons. The molecule has 0 radical (unpaired) electrons. The van der Waals surface area contributed by atoms with Crippen LogP contribution < -0.4 is 0 Å². The molecule has 3 heteroatoms. The zero-order chi connectivity index (χ0) is 15.7. The van der Waals surface area contributed by atoms with E-state index >= 15 is 0 Å². The SMILES string of the molecule is Cc1cc(C(=O)N2CCCCC2C)c(C)n1-c1ccccc1. The van der Waals surface area contributed by atoms with Crippen molar-refractivity contribution in [2.75, 3.05) is 6.54 Å². The van der Waals surface area contributed by atoms with Crippen LogP contribution in [0.25, 0.3) is 5.69 Å². The quantitative estimate of drug-likeness (QED) is 0.818. The molecule has 3 rings (SSSR count). The second kappa shape index (κ2) is 5.99. The maximum atomic E-state index is 12.9. The number of hydrogen-bond donors (Lipinski definition) is 0. The Labute approximate surface area is 132 Å². The Morgan fingerprint density at radius 1 is 1.14 bits per heavy atom. The molecule has 2 aromatic rings. The van der Waals surface area contributed by atoms with E-state index in [1.807, 2.05) is 36.1 Å². The first-order valence-electron chi connectivity index (χ1n) is 8.15. The van der Waals surface area contributed by atoms with E-state index in [2.05, 4.69) is 30.5 Å². The molecular weight excluding hydrogens is 272 g/mol. The van der Waals surface area contributed by atoms with Crippen LogP contribution in [0.2, 0.25) is 0 Å². The average molecular weight is 296 g/mol. The first kappa shape index (κ1) is 14.9. The molecule has 1 atom stereocenters. The summed E-state index contributed by atoms with van der Waals surface area (Å²) in [6, 6.07) is 12.6. The second-order valence-electron chi connectivity index (χ2n) is 6.30. The summed E-state index contributed by atoms with van der Waals surface area (Å²) in [5.74, 6) is 0.183. The van der Waals surface area contributed by atoms with Crippen LogP contribution in [0, 0.1) is 13.8 Å². The van der Waals surface area contributed by atoms with Crippen molar-refractivity contribution in [2.45, 2.75) is 46.1 Å². The fourth-order valence-corrected chi connectivity index (χ4v) is 3.51. The van der Waals surface area contributed by atoms with Gasteiger partial charge in [0.15, 0.2) is 0 Å². The van der Waals surface area contributed by atoms with Crippen LogP contribution in [-0.2, 0) is 0 Å². The highest BCUT2D eigenvalue weighted by Gasteiger charge is 2.27. The van der Waals surface area contributed by atoms with Gasteiger partial charge in [-0.2, -0.15) is 0 Å². The molecule has 1 aromatic carbocycles. The van der Waals surface area contributed by atoms with Crippen LogP contribution in [0.15, 0.2) is 36.4 Å². The van der Waals surface area contributed by atoms with E-state index in [9.17, 15) is 4.79 Å². The van der Waals surface area contributed by atoms with Crippen molar-refractivity contribution in [3.05, 3.63) is 53.3 Å². The van der Waals surface area contributed by atoms with E-state index in [1.54, 1.807) is 0 Å². The van der Waals surface area contributed by atoms with Crippen molar-refractivity contribution in [2.24, 2.45) is 0 Å². The Balaban J connectivity index is 1.97. The highest BCUT2D eigenvalue weighted by Crippen LogP contribution is 2.25. The van der Waals surface area contributed by atoms with Crippen LogP contribution in [0.5, 0.6) is 0 Å². The largest absolute Gasteiger partial charge is 0.336 e. The lowest BCUT2D eigenvalue weighted by Gasteiger charge is -2.33. The van der Waals surface area contributed by atoms with Crippen molar-refractivity contribution < 1.29 is 4.79 Å². The molecule has 1 aliphatic rings. The summed E-state index contributed by atoms with van der Waals surface area (Å²) in [5.41, 5.74) is 4.10. The van der Waals surface area contributed by atoms with Gasteiger partial charge in [-0.25, -0.2) is 0 Å². The van der Waals surface area contributed by atoms with Gasteiger partial charge >= 0.3 is 0 Å². The number of para-hydroxylation sites is 1. The Hall–Kier alpha value is -2.03. The number of piperidine rings is 1. The van der Waals surface area contributed by atoms with E-state index in [1.165, 1.54) is 6.42 Å². The summed E-state index contributed by atoms with van der Waals surface area (Å²) in [4.78, 5) is 15.0. The summed E-state index contributed by atoms with van der Waals surface area (Å²) >= 11 is 0. The minimum Gasteiger partial charge on any atom is -0.336 e. The molecule has 0 N–H and O–H groups in total. The number of aryl methyl sites for hydroxylation is 1. The van der Waals surface area contributed by atoms with E-state index in [4.69, 9.17) is 0 Å². The van der Waals surface area contributed by atoms with Crippen molar-refractivity contribution >= 4 is 5.91 Å². The second-order valence-corrected chi connectivity index (χ2v) is 6.30. The van der Waals surface area contributed by atoms with Gasteiger partial charge in [-0.15, -0.1) is 0 Å². The van der Waals surface area contributed by atoms with Gasteiger partial charge in [0.05, 0.1) is 5.56 Å². The maximum Gasteiger partial charge on any atom is 0.255 e. The number of nitrogens with zero attached hydrogens (tertiary/aromatic N) is 2. The first-order chi connectivity index (χ1) is 10.6. The number of carbonyl (C=O) groups excluding carboxylic acids is 1. The highest BCUT2D eigenvalue weighted by molar-refractivity contribution is 5.96. The molecule has 1 aromatic heterocycles. The molecule has 1 aliphatic heterocycles. The number of amides is 1. The third-order valence-electron chi connectivity index (χ3n) is 4.74. The third-order valence-corrected chi connectivity index (χ3v) is 4.74. The molecule has 0 bridgehead atoms. The summed E-state index contributed by atoms with van der Waals surface area (Å²) in [5, 5.41) is 0. The molecule has 1 saturated heterocycles. The van der Waals surface area contributed by atoms with E-state index in [0.29, 0.717) is 6.04 Å². The van der Waals surface area contributed by atoms with Crippen LogP contribution in [0.4, 0.5) is 0 Å². The van der Waals surface area contributed by atoms with Crippen LogP contribution in [0.1, 0.15) is 47.9 Å². The van der Waals surface area contributed by atoms with Gasteiger partial charge < -0.3 is 9.47 Å². The molecular formula is C19H24N2O. The number of aromatic nitrogens is 1. The van der Waals surface area contributed by atoms with Gasteiger partial charge in [0.2, 0.25) is 0 Å². The Bertz CT molecular complexity index is 672. The van der Waals surface area contributed by atoms with E-state index in [0.717, 1.165) is 42.0 Å². The Morgan fingerprint density at radius 3 is 2.55 bits per heavy atom. The van der Waals surface area contributed by atoms with Gasteiger partial charge in [0, 0.05) is 29.7 Å². The number of hydrogen-bond acceptors (Lipinski definition) is 1. The maximum absolute atomic E-state index is 12.9. The number of carbonyl (C=O) groups is 1. The minimum atomic E-state index is 0.183. The number of rotatable bonds is 2. The smallest absolute Gasteiger partial charge is 0.255 e. The van der Waals surface area contributed by atoms with Crippen LogP contribution in [0.3, 0.4) is 0 Å². The summed E-state index contributed by atoms with van der Waals surface area (Å²) < 4.78 is 2.17. The number of likely N-dealkylation sites (tertiary alicyclic amines) is 1. The average Bonchev–Trinajstić information content (AvgIpc) is 2.83. The van der Waals surface area contributed by atoms with Gasteiger partial charge in [-0.05, 0) is 58.2 Å². The first-order valence-corrected chi connectivity index (χ1v) is 8.15. The van der Waals surface area contributed by atoms with Gasteiger partial charge in [-0.3, -0.25) is 4.79 Å². The van der Waals surface area contributed by atoms with Gasteiger partial charge in [-0.1, -0.05) is 18.2 Å². The summed E-state index contributed by atoms with van der Waals surface area (Å²) in [6.45, 7) is 7.15. The van der Waals surface area contributed by atoms with Crippen LogP contribution >= 0.6 is 0 Å². The number of benzene rings is 1. The third kappa shape index (κ3) is 2.56. The molecule has 0 aliphatic carbocycles. The molecule has 3 nitrogen and oxygen atoms in total. The Morgan fingerprint density at radius 2 is 1.86 bits per heavy atom. The molecule has 1 amide bonds. The fraction of sp³-hybridized carbons (Fsp3) is 0.421. The Kier molecular flexibility index (Phi) is 4.06. The predicted molar refractivity (Wildman–Crippen MR) is 89.6 cm³/mol. The normalized spacial score (nSPS) is 18.5. The monoisotopic (exact) mass is 296 g/mol. The highest BCUT2D eigenvalue weighted by atomic mass is 16.2. The van der Waals surface area contributed by atoms with Crippen molar-refractivity contribution in [3.8, 4) is 5.69 Å². The lowest BCUT2D eigenvalue weighted by Crippen LogP contribution is -2.42. The van der Waals surface area contributed by atoms with Crippen molar-refractivity contribution in [1.82, 2.24) is 9.47 Å². The summed E-state index contributed by atoms with van der Waals surface area (Å²) in [6.07, 6.45) is 3.46. The lowest BCUT2D eigenvalue weighted by molar-refractivity contribution is 0.0635. The topological polar surface area (TPSA) is 25.2 Å². The summed E-state index contributed by atoms with van der Waals surface area (Å²) in [7, 11) is 0. The molecule has 2 heterocycles.